The third-order valence-corrected chi connectivity index (χ3v) is 4.03. The number of rotatable bonds is 5. The van der Waals surface area contributed by atoms with Gasteiger partial charge in [-0.05, 0) is 43.4 Å². The Morgan fingerprint density at radius 3 is 2.83 bits per heavy atom. The molecule has 0 atom stereocenters. The van der Waals surface area contributed by atoms with E-state index in [4.69, 9.17) is 0 Å². The number of benzene rings is 1. The van der Waals surface area contributed by atoms with E-state index in [2.05, 4.69) is 20.5 Å². The summed E-state index contributed by atoms with van der Waals surface area (Å²) in [6.07, 6.45) is 6.23. The van der Waals surface area contributed by atoms with Crippen molar-refractivity contribution >= 4 is 11.9 Å². The molecule has 0 bridgehead atoms. The number of nitrogens with one attached hydrogen (secondary N) is 1. The van der Waals surface area contributed by atoms with Crippen LogP contribution in [0, 0.1) is 6.92 Å². The number of aromatic nitrogens is 5. The Morgan fingerprint density at radius 2 is 2.08 bits per heavy atom. The average molecular weight is 322 g/mol. The number of nitrogens with zero attached hydrogens (tertiary/aromatic N) is 5. The monoisotopic (exact) mass is 322 g/mol. The topological polar surface area (TPSA) is 77.6 Å². The minimum atomic E-state index is -0.189. The summed E-state index contributed by atoms with van der Waals surface area (Å²) in [6, 6.07) is 9.69. The predicted octanol–water partition coefficient (Wildman–Crippen LogP) is 2.29. The summed E-state index contributed by atoms with van der Waals surface area (Å²) in [5.74, 6) is 1.46. The molecule has 1 amide bonds. The number of amides is 1. The minimum absolute atomic E-state index is 0.158. The number of carbonyl (C=O) groups excluding carboxylic acids is 1. The zero-order valence-corrected chi connectivity index (χ0v) is 13.4. The summed E-state index contributed by atoms with van der Waals surface area (Å²) in [6.45, 7) is 2.01. The van der Waals surface area contributed by atoms with E-state index in [1.54, 1.807) is 9.36 Å². The van der Waals surface area contributed by atoms with Crippen molar-refractivity contribution in [2.45, 2.75) is 32.2 Å². The van der Waals surface area contributed by atoms with Crippen molar-refractivity contribution < 1.29 is 4.79 Å². The molecule has 1 aromatic carbocycles. The van der Waals surface area contributed by atoms with Gasteiger partial charge < -0.3 is 0 Å². The lowest BCUT2D eigenvalue weighted by atomic mass is 10.2. The highest BCUT2D eigenvalue weighted by molar-refractivity contribution is 5.88. The molecule has 0 saturated heterocycles. The molecular weight excluding hydrogens is 304 g/mol. The molecule has 3 aromatic rings. The highest BCUT2D eigenvalue weighted by atomic mass is 16.2. The van der Waals surface area contributed by atoms with Gasteiger partial charge >= 0.3 is 0 Å². The molecule has 2 heterocycles. The molecule has 2 aromatic heterocycles. The lowest BCUT2D eigenvalue weighted by Crippen LogP contribution is -2.19. The van der Waals surface area contributed by atoms with E-state index in [-0.39, 0.29) is 12.5 Å². The summed E-state index contributed by atoms with van der Waals surface area (Å²) in [5.41, 5.74) is 2.12. The maximum atomic E-state index is 12.2. The van der Waals surface area contributed by atoms with Gasteiger partial charge in [0.1, 0.15) is 12.4 Å². The molecule has 122 valence electrons. The molecule has 0 radical (unpaired) electrons. The van der Waals surface area contributed by atoms with Crippen molar-refractivity contribution in [3.63, 3.8) is 0 Å². The smallest absolute Gasteiger partial charge is 0.249 e. The fraction of sp³-hybridized carbons (Fsp3) is 0.294. The first-order chi connectivity index (χ1) is 11.7. The van der Waals surface area contributed by atoms with E-state index in [0.29, 0.717) is 17.7 Å². The van der Waals surface area contributed by atoms with Gasteiger partial charge in [-0.25, -0.2) is 4.68 Å². The predicted molar refractivity (Wildman–Crippen MR) is 88.9 cm³/mol. The summed E-state index contributed by atoms with van der Waals surface area (Å²) >= 11 is 0. The summed E-state index contributed by atoms with van der Waals surface area (Å²) < 4.78 is 3.36. The van der Waals surface area contributed by atoms with E-state index in [9.17, 15) is 4.79 Å². The van der Waals surface area contributed by atoms with Crippen molar-refractivity contribution in [2.24, 2.45) is 0 Å². The molecule has 0 spiro atoms. The first kappa shape index (κ1) is 14.6. The van der Waals surface area contributed by atoms with E-state index < -0.39 is 0 Å². The second-order valence-electron chi connectivity index (χ2n) is 6.02. The zero-order valence-electron chi connectivity index (χ0n) is 13.4. The van der Waals surface area contributed by atoms with Crippen molar-refractivity contribution in [3.05, 3.63) is 54.1 Å². The van der Waals surface area contributed by atoms with Crippen molar-refractivity contribution in [2.75, 3.05) is 5.32 Å². The van der Waals surface area contributed by atoms with Gasteiger partial charge in [0.15, 0.2) is 0 Å². The van der Waals surface area contributed by atoms with E-state index in [1.807, 2.05) is 49.6 Å². The summed E-state index contributed by atoms with van der Waals surface area (Å²) in [5, 5.41) is 11.3. The highest BCUT2D eigenvalue weighted by Crippen LogP contribution is 2.39. The molecule has 1 fully saturated rings. The molecule has 0 unspecified atom stereocenters. The van der Waals surface area contributed by atoms with Crippen LogP contribution in [0.2, 0.25) is 0 Å². The van der Waals surface area contributed by atoms with Crippen LogP contribution in [0.1, 0.15) is 30.1 Å². The Labute approximate surface area is 139 Å². The lowest BCUT2D eigenvalue weighted by Gasteiger charge is -2.02. The molecular formula is C17H18N6O. The van der Waals surface area contributed by atoms with Crippen molar-refractivity contribution in [1.29, 1.82) is 0 Å². The average Bonchev–Trinajstić information content (AvgIpc) is 3.22. The normalized spacial score (nSPS) is 13.9. The second-order valence-corrected chi connectivity index (χ2v) is 6.02. The van der Waals surface area contributed by atoms with Crippen LogP contribution in [0.4, 0.5) is 5.95 Å². The standard InChI is InChI=1S/C17H18N6O/c1-12-19-17(21-23(12)15-5-3-2-4-6-15)20-16(24)11-22-10-14(9-18-22)13-7-8-13/h2-6,9-10,13H,7-8,11H2,1H3,(H,20,21,24). The molecule has 7 heteroatoms. The van der Waals surface area contributed by atoms with E-state index >= 15 is 0 Å². The van der Waals surface area contributed by atoms with Gasteiger partial charge in [0.05, 0.1) is 11.9 Å². The molecule has 7 nitrogen and oxygen atoms in total. The Hall–Kier alpha value is -2.96. The van der Waals surface area contributed by atoms with Crippen LogP contribution in [0.3, 0.4) is 0 Å². The first-order valence-corrected chi connectivity index (χ1v) is 8.00. The number of para-hydroxylation sites is 1. The first-order valence-electron chi connectivity index (χ1n) is 8.00. The minimum Gasteiger partial charge on any atom is -0.292 e. The van der Waals surface area contributed by atoms with Gasteiger partial charge in [0, 0.05) is 6.20 Å². The number of hydrogen-bond donors (Lipinski definition) is 1. The van der Waals surface area contributed by atoms with Crippen LogP contribution >= 0.6 is 0 Å². The SMILES string of the molecule is Cc1nc(NC(=O)Cn2cc(C3CC3)cn2)nn1-c1ccccc1. The maximum Gasteiger partial charge on any atom is 0.249 e. The molecule has 0 aliphatic heterocycles. The van der Waals surface area contributed by atoms with Gasteiger partial charge in [-0.2, -0.15) is 10.1 Å². The van der Waals surface area contributed by atoms with Gasteiger partial charge in [-0.15, -0.1) is 5.10 Å². The number of hydrogen-bond acceptors (Lipinski definition) is 4. The Bertz CT molecular complexity index is 862. The Kier molecular flexibility index (Phi) is 3.60. The Balaban J connectivity index is 1.43. The van der Waals surface area contributed by atoms with E-state index in [1.165, 1.54) is 18.4 Å². The second kappa shape index (κ2) is 5.92. The van der Waals surface area contributed by atoms with Crippen LogP contribution in [0.5, 0.6) is 0 Å². The van der Waals surface area contributed by atoms with Crippen LogP contribution in [-0.4, -0.2) is 30.5 Å². The molecule has 24 heavy (non-hydrogen) atoms. The van der Waals surface area contributed by atoms with Gasteiger partial charge in [0.25, 0.3) is 0 Å². The third-order valence-electron chi connectivity index (χ3n) is 4.03. The third kappa shape index (κ3) is 3.05. The van der Waals surface area contributed by atoms with E-state index in [0.717, 1.165) is 5.69 Å². The van der Waals surface area contributed by atoms with Crippen LogP contribution in [-0.2, 0) is 11.3 Å². The largest absolute Gasteiger partial charge is 0.292 e. The van der Waals surface area contributed by atoms with Crippen LogP contribution < -0.4 is 5.32 Å². The molecule has 1 aliphatic rings. The zero-order chi connectivity index (χ0) is 16.5. The lowest BCUT2D eigenvalue weighted by molar-refractivity contribution is -0.116. The number of carbonyl (C=O) groups is 1. The van der Waals surface area contributed by atoms with Gasteiger partial charge in [-0.3, -0.25) is 14.8 Å². The van der Waals surface area contributed by atoms with Gasteiger partial charge in [0.2, 0.25) is 11.9 Å². The number of anilines is 1. The molecule has 1 saturated carbocycles. The fourth-order valence-corrected chi connectivity index (χ4v) is 2.66. The molecule has 1 aliphatic carbocycles. The maximum absolute atomic E-state index is 12.2. The van der Waals surface area contributed by atoms with Gasteiger partial charge in [-0.1, -0.05) is 18.2 Å². The van der Waals surface area contributed by atoms with Crippen molar-refractivity contribution in [1.82, 2.24) is 24.5 Å². The van der Waals surface area contributed by atoms with Crippen LogP contribution in [0.15, 0.2) is 42.7 Å². The Morgan fingerprint density at radius 1 is 1.29 bits per heavy atom. The summed E-state index contributed by atoms with van der Waals surface area (Å²) in [7, 11) is 0. The molecule has 4 rings (SSSR count). The molecule has 1 N–H and O–H groups in total. The summed E-state index contributed by atoms with van der Waals surface area (Å²) in [4.78, 5) is 16.5. The fourth-order valence-electron chi connectivity index (χ4n) is 2.66. The quantitative estimate of drug-likeness (QED) is 0.782. The number of aryl methyl sites for hydroxylation is 1. The van der Waals surface area contributed by atoms with Crippen molar-refractivity contribution in [3.8, 4) is 5.69 Å². The van der Waals surface area contributed by atoms with Crippen LogP contribution in [0.25, 0.3) is 5.69 Å². The highest BCUT2D eigenvalue weighted by Gasteiger charge is 2.25.